The Bertz CT molecular complexity index is 409. The van der Waals surface area contributed by atoms with Crippen molar-refractivity contribution in [1.82, 2.24) is 10.2 Å². The van der Waals surface area contributed by atoms with Crippen molar-refractivity contribution in [2.24, 2.45) is 0 Å². The number of hydrogen-bond acceptors (Lipinski definition) is 4. The summed E-state index contributed by atoms with van der Waals surface area (Å²) in [7, 11) is -0.525. The highest BCUT2D eigenvalue weighted by atomic mass is 32.2. The van der Waals surface area contributed by atoms with Crippen molar-refractivity contribution in [3.05, 3.63) is 0 Å². The molecular formula is C14H26N2O2S. The number of fused-ring (bicyclic) bond motifs is 2. The molecule has 3 aliphatic rings. The molecule has 3 saturated heterocycles. The van der Waals surface area contributed by atoms with Crippen LogP contribution in [-0.4, -0.2) is 56.0 Å². The summed E-state index contributed by atoms with van der Waals surface area (Å²) in [6.45, 7) is 0. The number of hydrogen-bond donors (Lipinski definition) is 1. The highest BCUT2D eigenvalue weighted by Gasteiger charge is 2.37. The molecule has 0 radical (unpaired) electrons. The molecule has 2 bridgehead atoms. The van der Waals surface area contributed by atoms with Gasteiger partial charge in [-0.15, -0.1) is 0 Å². The number of rotatable bonds is 2. The second-order valence-corrected chi connectivity index (χ2v) is 8.92. The first kappa shape index (κ1) is 13.8. The van der Waals surface area contributed by atoms with Gasteiger partial charge in [0.2, 0.25) is 0 Å². The minimum absolute atomic E-state index is 0.202. The Balaban J connectivity index is 1.59. The Hall–Kier alpha value is -0.130. The van der Waals surface area contributed by atoms with E-state index in [-0.39, 0.29) is 6.04 Å². The lowest BCUT2D eigenvalue weighted by Crippen LogP contribution is -2.57. The molecule has 0 aromatic rings. The summed E-state index contributed by atoms with van der Waals surface area (Å²) in [5.74, 6) is 0.749. The maximum atomic E-state index is 11.7. The highest BCUT2D eigenvalue weighted by Crippen LogP contribution is 2.33. The van der Waals surface area contributed by atoms with E-state index in [1.54, 1.807) is 0 Å². The van der Waals surface area contributed by atoms with Crippen molar-refractivity contribution < 1.29 is 8.42 Å². The van der Waals surface area contributed by atoms with Crippen molar-refractivity contribution in [3.63, 3.8) is 0 Å². The molecule has 3 fully saturated rings. The number of piperidine rings is 2. The van der Waals surface area contributed by atoms with Gasteiger partial charge in [0.15, 0.2) is 9.84 Å². The van der Waals surface area contributed by atoms with Crippen LogP contribution < -0.4 is 5.32 Å². The minimum atomic E-state index is -2.79. The van der Waals surface area contributed by atoms with Crippen LogP contribution in [0.2, 0.25) is 0 Å². The molecular weight excluding hydrogens is 260 g/mol. The zero-order valence-corrected chi connectivity index (χ0v) is 12.7. The molecule has 0 saturated carbocycles. The lowest BCUT2D eigenvalue weighted by atomic mass is 9.82. The summed E-state index contributed by atoms with van der Waals surface area (Å²) < 4.78 is 23.4. The van der Waals surface area contributed by atoms with Crippen molar-refractivity contribution >= 4 is 9.84 Å². The van der Waals surface area contributed by atoms with Gasteiger partial charge in [-0.1, -0.05) is 6.42 Å². The monoisotopic (exact) mass is 286 g/mol. The van der Waals surface area contributed by atoms with Crippen LogP contribution in [0.15, 0.2) is 0 Å². The van der Waals surface area contributed by atoms with E-state index in [1.807, 2.05) is 0 Å². The Kier molecular flexibility index (Phi) is 3.89. The van der Waals surface area contributed by atoms with Crippen molar-refractivity contribution in [1.29, 1.82) is 0 Å². The van der Waals surface area contributed by atoms with E-state index in [0.29, 0.717) is 29.6 Å². The minimum Gasteiger partial charge on any atom is -0.310 e. The molecule has 3 unspecified atom stereocenters. The molecule has 0 amide bonds. The summed E-state index contributed by atoms with van der Waals surface area (Å²) in [5, 5.41) is 3.66. The Morgan fingerprint density at radius 2 is 1.68 bits per heavy atom. The summed E-state index contributed by atoms with van der Waals surface area (Å²) in [5.41, 5.74) is 0. The molecule has 3 aliphatic heterocycles. The average Bonchev–Trinajstić information content (AvgIpc) is 2.29. The van der Waals surface area contributed by atoms with Crippen LogP contribution >= 0.6 is 0 Å². The van der Waals surface area contributed by atoms with Gasteiger partial charge in [-0.2, -0.15) is 0 Å². The average molecular weight is 286 g/mol. The fourth-order valence-corrected chi connectivity index (χ4v) is 5.89. The predicted octanol–water partition coefficient (Wildman–Crippen LogP) is 1.17. The van der Waals surface area contributed by atoms with Gasteiger partial charge in [0.05, 0.1) is 11.5 Å². The molecule has 0 aromatic carbocycles. The van der Waals surface area contributed by atoms with E-state index in [1.165, 1.54) is 32.1 Å². The third-order valence-corrected chi connectivity index (χ3v) is 7.10. The van der Waals surface area contributed by atoms with Crippen molar-refractivity contribution in [2.45, 2.75) is 69.1 Å². The van der Waals surface area contributed by atoms with Gasteiger partial charge in [-0.05, 0) is 45.6 Å². The fraction of sp³-hybridized carbons (Fsp3) is 1.00. The Morgan fingerprint density at radius 1 is 1.00 bits per heavy atom. The van der Waals surface area contributed by atoms with Crippen LogP contribution in [0.4, 0.5) is 0 Å². The molecule has 110 valence electrons. The molecule has 19 heavy (non-hydrogen) atoms. The van der Waals surface area contributed by atoms with Gasteiger partial charge in [-0.25, -0.2) is 8.42 Å². The number of nitrogens with zero attached hydrogens (tertiary/aromatic N) is 1. The zero-order valence-electron chi connectivity index (χ0n) is 11.8. The molecule has 3 heterocycles. The van der Waals surface area contributed by atoms with Gasteiger partial charge < -0.3 is 10.2 Å². The van der Waals surface area contributed by atoms with E-state index in [0.717, 1.165) is 12.8 Å². The summed E-state index contributed by atoms with van der Waals surface area (Å²) >= 11 is 0. The first-order valence-corrected chi connectivity index (χ1v) is 9.54. The van der Waals surface area contributed by atoms with Crippen LogP contribution in [0.25, 0.3) is 0 Å². The maximum Gasteiger partial charge on any atom is 0.151 e. The predicted molar refractivity (Wildman–Crippen MR) is 77.0 cm³/mol. The zero-order chi connectivity index (χ0) is 13.5. The van der Waals surface area contributed by atoms with Crippen LogP contribution in [-0.2, 0) is 9.84 Å². The normalized spacial score (nSPS) is 43.0. The first-order chi connectivity index (χ1) is 9.03. The summed E-state index contributed by atoms with van der Waals surface area (Å²) in [6, 6.07) is 2.16. The fourth-order valence-electron chi connectivity index (χ4n) is 4.24. The van der Waals surface area contributed by atoms with E-state index in [2.05, 4.69) is 17.3 Å². The lowest BCUT2D eigenvalue weighted by Gasteiger charge is -2.48. The Morgan fingerprint density at radius 3 is 2.32 bits per heavy atom. The van der Waals surface area contributed by atoms with Gasteiger partial charge in [0, 0.05) is 24.2 Å². The second kappa shape index (κ2) is 5.34. The third kappa shape index (κ3) is 3.14. The molecule has 4 nitrogen and oxygen atoms in total. The quantitative estimate of drug-likeness (QED) is 0.828. The molecule has 0 aliphatic carbocycles. The standard InChI is InChI=1S/C14H26N2O2S/c1-16-13-5-2-6-14(16)9-12(8-13)15-11-4-3-7-19(17,18)10-11/h11-15H,2-10H2,1H3. The van der Waals surface area contributed by atoms with Crippen LogP contribution in [0.5, 0.6) is 0 Å². The molecule has 0 aromatic heterocycles. The molecule has 3 atom stereocenters. The van der Waals surface area contributed by atoms with Gasteiger partial charge in [-0.3, -0.25) is 0 Å². The molecule has 3 rings (SSSR count). The summed E-state index contributed by atoms with van der Waals surface area (Å²) in [4.78, 5) is 2.55. The molecule has 0 spiro atoms. The second-order valence-electron chi connectivity index (χ2n) is 6.69. The topological polar surface area (TPSA) is 49.4 Å². The van der Waals surface area contributed by atoms with Crippen LogP contribution in [0.3, 0.4) is 0 Å². The van der Waals surface area contributed by atoms with E-state index in [9.17, 15) is 8.42 Å². The number of sulfone groups is 1. The molecule has 1 N–H and O–H groups in total. The number of nitrogens with one attached hydrogen (secondary N) is 1. The van der Waals surface area contributed by atoms with E-state index < -0.39 is 9.84 Å². The van der Waals surface area contributed by atoms with Gasteiger partial charge in [0.1, 0.15) is 0 Å². The summed E-state index contributed by atoms with van der Waals surface area (Å²) in [6.07, 6.45) is 8.25. The van der Waals surface area contributed by atoms with Crippen LogP contribution in [0.1, 0.15) is 44.9 Å². The smallest absolute Gasteiger partial charge is 0.151 e. The highest BCUT2D eigenvalue weighted by molar-refractivity contribution is 7.91. The van der Waals surface area contributed by atoms with E-state index >= 15 is 0 Å². The SMILES string of the molecule is CN1C2CCCC1CC(NC1CCCS(=O)(=O)C1)C2. The van der Waals surface area contributed by atoms with Gasteiger partial charge in [0.25, 0.3) is 0 Å². The van der Waals surface area contributed by atoms with Crippen molar-refractivity contribution in [3.8, 4) is 0 Å². The largest absolute Gasteiger partial charge is 0.310 e. The first-order valence-electron chi connectivity index (χ1n) is 7.72. The van der Waals surface area contributed by atoms with Gasteiger partial charge >= 0.3 is 0 Å². The van der Waals surface area contributed by atoms with Crippen LogP contribution in [0, 0.1) is 0 Å². The Labute approximate surface area is 116 Å². The maximum absolute atomic E-state index is 11.7. The van der Waals surface area contributed by atoms with E-state index in [4.69, 9.17) is 0 Å². The molecule has 5 heteroatoms. The van der Waals surface area contributed by atoms with Crippen molar-refractivity contribution in [2.75, 3.05) is 18.6 Å². The lowest BCUT2D eigenvalue weighted by molar-refractivity contribution is 0.0460. The third-order valence-electron chi connectivity index (χ3n) is 5.27.